The zero-order valence-electron chi connectivity index (χ0n) is 6.55. The Balaban J connectivity index is 2.88. The summed E-state index contributed by atoms with van der Waals surface area (Å²) in [7, 11) is 0. The Bertz CT molecular complexity index is 452. The maximum absolute atomic E-state index is 13.2. The Morgan fingerprint density at radius 2 is 2.31 bits per heavy atom. The van der Waals surface area contributed by atoms with Crippen molar-refractivity contribution >= 4 is 33.0 Å². The molecular weight excluding hydrogens is 211 g/mol. The summed E-state index contributed by atoms with van der Waals surface area (Å²) in [5.41, 5.74) is 0.597. The number of rotatable bonds is 1. The highest BCUT2D eigenvalue weighted by Crippen LogP contribution is 2.33. The molecule has 1 nitrogen and oxygen atoms in total. The number of benzene rings is 1. The summed E-state index contributed by atoms with van der Waals surface area (Å²) >= 11 is 6.95. The molecular formula is C9H6ClFOS. The molecule has 0 spiro atoms. The zero-order valence-corrected chi connectivity index (χ0v) is 8.12. The van der Waals surface area contributed by atoms with E-state index in [1.165, 1.54) is 11.3 Å². The standard InChI is InChI=1S/C9H6ClFOS/c10-4-6-5-1-2-13-9(5)7(11)3-8(6)12/h1-3,12H,4H2. The summed E-state index contributed by atoms with van der Waals surface area (Å²) in [6.07, 6.45) is 0. The van der Waals surface area contributed by atoms with Gasteiger partial charge in [0.25, 0.3) is 0 Å². The van der Waals surface area contributed by atoms with Crippen LogP contribution in [-0.2, 0) is 5.88 Å². The van der Waals surface area contributed by atoms with Crippen molar-refractivity contribution in [3.8, 4) is 5.75 Å². The van der Waals surface area contributed by atoms with Crippen molar-refractivity contribution in [2.75, 3.05) is 0 Å². The molecule has 68 valence electrons. The summed E-state index contributed by atoms with van der Waals surface area (Å²) in [6.45, 7) is 0. The van der Waals surface area contributed by atoms with Crippen molar-refractivity contribution in [1.82, 2.24) is 0 Å². The van der Waals surface area contributed by atoms with Crippen LogP contribution in [0, 0.1) is 5.82 Å². The molecule has 0 aliphatic rings. The second kappa shape index (κ2) is 3.16. The lowest BCUT2D eigenvalue weighted by atomic mass is 10.1. The molecule has 0 radical (unpaired) electrons. The Labute approximate surface area is 83.4 Å². The Morgan fingerprint density at radius 1 is 1.54 bits per heavy atom. The second-order valence-electron chi connectivity index (χ2n) is 2.65. The van der Waals surface area contributed by atoms with Gasteiger partial charge in [-0.1, -0.05) is 0 Å². The quantitative estimate of drug-likeness (QED) is 0.724. The van der Waals surface area contributed by atoms with E-state index in [2.05, 4.69) is 0 Å². The van der Waals surface area contributed by atoms with Crippen molar-refractivity contribution < 1.29 is 9.50 Å². The van der Waals surface area contributed by atoms with Crippen molar-refractivity contribution in [3.05, 3.63) is 28.9 Å². The number of fused-ring (bicyclic) bond motifs is 1. The predicted octanol–water partition coefficient (Wildman–Crippen LogP) is 3.48. The van der Waals surface area contributed by atoms with Gasteiger partial charge in [0.05, 0.1) is 10.6 Å². The number of phenolic OH excluding ortho intramolecular Hbond substituents is 1. The first kappa shape index (κ1) is 8.78. The van der Waals surface area contributed by atoms with E-state index in [9.17, 15) is 9.50 Å². The average molecular weight is 217 g/mol. The van der Waals surface area contributed by atoms with Crippen molar-refractivity contribution in [2.24, 2.45) is 0 Å². The first-order chi connectivity index (χ1) is 6.24. The molecule has 2 rings (SSSR count). The third-order valence-corrected chi connectivity index (χ3v) is 3.10. The molecule has 0 amide bonds. The highest BCUT2D eigenvalue weighted by molar-refractivity contribution is 7.17. The Morgan fingerprint density at radius 3 is 3.00 bits per heavy atom. The summed E-state index contributed by atoms with van der Waals surface area (Å²) in [6, 6.07) is 2.87. The Hall–Kier alpha value is -0.800. The van der Waals surface area contributed by atoms with Crippen LogP contribution >= 0.6 is 22.9 Å². The smallest absolute Gasteiger partial charge is 0.144 e. The highest BCUT2D eigenvalue weighted by Gasteiger charge is 2.11. The lowest BCUT2D eigenvalue weighted by Gasteiger charge is -2.02. The van der Waals surface area contributed by atoms with E-state index >= 15 is 0 Å². The third-order valence-electron chi connectivity index (χ3n) is 1.91. The minimum absolute atomic E-state index is 0.0709. The fraction of sp³-hybridized carbons (Fsp3) is 0.111. The third kappa shape index (κ3) is 1.28. The van der Waals surface area contributed by atoms with E-state index in [0.717, 1.165) is 6.07 Å². The second-order valence-corrected chi connectivity index (χ2v) is 3.84. The number of hydrogen-bond donors (Lipinski definition) is 1. The molecule has 4 heteroatoms. The van der Waals surface area contributed by atoms with E-state index < -0.39 is 5.82 Å². The van der Waals surface area contributed by atoms with E-state index in [4.69, 9.17) is 11.6 Å². The highest BCUT2D eigenvalue weighted by atomic mass is 35.5. The molecule has 0 saturated carbocycles. The van der Waals surface area contributed by atoms with E-state index in [1.54, 1.807) is 11.4 Å². The molecule has 0 unspecified atom stereocenters. The summed E-state index contributed by atoms with van der Waals surface area (Å²) < 4.78 is 13.8. The van der Waals surface area contributed by atoms with Crippen LogP contribution in [-0.4, -0.2) is 5.11 Å². The number of phenols is 1. The predicted molar refractivity (Wildman–Crippen MR) is 53.0 cm³/mol. The minimum Gasteiger partial charge on any atom is -0.507 e. The molecule has 1 heterocycles. The van der Waals surface area contributed by atoms with E-state index in [0.29, 0.717) is 15.6 Å². The van der Waals surface area contributed by atoms with Crippen molar-refractivity contribution in [2.45, 2.75) is 5.88 Å². The van der Waals surface area contributed by atoms with Crippen molar-refractivity contribution in [1.29, 1.82) is 0 Å². The fourth-order valence-corrected chi connectivity index (χ4v) is 2.39. The number of hydrogen-bond acceptors (Lipinski definition) is 2. The van der Waals surface area contributed by atoms with Crippen LogP contribution in [0.1, 0.15) is 5.56 Å². The van der Waals surface area contributed by atoms with Gasteiger partial charge in [0.15, 0.2) is 0 Å². The lowest BCUT2D eigenvalue weighted by Crippen LogP contribution is -1.83. The first-order valence-corrected chi connectivity index (χ1v) is 5.09. The van der Waals surface area contributed by atoms with Gasteiger partial charge in [-0.3, -0.25) is 0 Å². The van der Waals surface area contributed by atoms with Crippen LogP contribution in [0.5, 0.6) is 5.75 Å². The van der Waals surface area contributed by atoms with Gasteiger partial charge >= 0.3 is 0 Å². The monoisotopic (exact) mass is 216 g/mol. The fourth-order valence-electron chi connectivity index (χ4n) is 1.28. The summed E-state index contributed by atoms with van der Waals surface area (Å²) in [5, 5.41) is 11.9. The van der Waals surface area contributed by atoms with Crippen LogP contribution < -0.4 is 0 Å². The van der Waals surface area contributed by atoms with Gasteiger partial charge in [-0.15, -0.1) is 22.9 Å². The normalized spacial score (nSPS) is 10.9. The van der Waals surface area contributed by atoms with Gasteiger partial charge in [0.2, 0.25) is 0 Å². The number of alkyl halides is 1. The molecule has 1 aromatic heterocycles. The van der Waals surface area contributed by atoms with Gasteiger partial charge in [0, 0.05) is 17.0 Å². The van der Waals surface area contributed by atoms with Crippen LogP contribution in [0.15, 0.2) is 17.5 Å². The number of aromatic hydroxyl groups is 1. The lowest BCUT2D eigenvalue weighted by molar-refractivity contribution is 0.466. The first-order valence-electron chi connectivity index (χ1n) is 3.67. The van der Waals surface area contributed by atoms with Gasteiger partial charge in [-0.25, -0.2) is 4.39 Å². The molecule has 2 aromatic rings. The van der Waals surface area contributed by atoms with Crippen LogP contribution in [0.3, 0.4) is 0 Å². The molecule has 0 bridgehead atoms. The van der Waals surface area contributed by atoms with Gasteiger partial charge in [-0.05, 0) is 11.4 Å². The van der Waals surface area contributed by atoms with Gasteiger partial charge < -0.3 is 5.11 Å². The molecule has 1 aromatic carbocycles. The SMILES string of the molecule is Oc1cc(F)c2sccc2c1CCl. The van der Waals surface area contributed by atoms with Crippen molar-refractivity contribution in [3.63, 3.8) is 0 Å². The topological polar surface area (TPSA) is 20.2 Å². The maximum Gasteiger partial charge on any atom is 0.144 e. The largest absolute Gasteiger partial charge is 0.507 e. The van der Waals surface area contributed by atoms with Gasteiger partial charge in [-0.2, -0.15) is 0 Å². The minimum atomic E-state index is -0.392. The number of thiophene rings is 1. The van der Waals surface area contributed by atoms with E-state index in [1.807, 2.05) is 0 Å². The molecule has 0 saturated heterocycles. The molecule has 13 heavy (non-hydrogen) atoms. The van der Waals surface area contributed by atoms with Gasteiger partial charge in [0.1, 0.15) is 11.6 Å². The van der Waals surface area contributed by atoms with Crippen LogP contribution in [0.2, 0.25) is 0 Å². The molecule has 1 N–H and O–H groups in total. The summed E-state index contributed by atoms with van der Waals surface area (Å²) in [5.74, 6) is -0.269. The average Bonchev–Trinajstić information content (AvgIpc) is 2.53. The molecule has 0 aliphatic heterocycles. The summed E-state index contributed by atoms with van der Waals surface area (Å²) in [4.78, 5) is 0. The van der Waals surface area contributed by atoms with E-state index in [-0.39, 0.29) is 11.6 Å². The number of halogens is 2. The Kier molecular flexibility index (Phi) is 2.14. The maximum atomic E-state index is 13.2. The van der Waals surface area contributed by atoms with Crippen LogP contribution in [0.4, 0.5) is 4.39 Å². The van der Waals surface area contributed by atoms with Crippen LogP contribution in [0.25, 0.3) is 10.1 Å². The zero-order chi connectivity index (χ0) is 9.42. The molecule has 0 fully saturated rings. The molecule has 0 aliphatic carbocycles. The molecule has 0 atom stereocenters.